The molecule has 1 unspecified atom stereocenters. The van der Waals surface area contributed by atoms with Gasteiger partial charge in [-0.2, -0.15) is 0 Å². The molecule has 26 heavy (non-hydrogen) atoms. The van der Waals surface area contributed by atoms with Gasteiger partial charge in [0.25, 0.3) is 8.53 Å². The Labute approximate surface area is 156 Å². The minimum Gasteiger partial charge on any atom is -0.375 e. The lowest BCUT2D eigenvalue weighted by Crippen LogP contribution is -2.33. The van der Waals surface area contributed by atoms with Gasteiger partial charge < -0.3 is 13.8 Å². The Morgan fingerprint density at radius 3 is 2.81 bits per heavy atom. The van der Waals surface area contributed by atoms with E-state index in [4.69, 9.17) is 13.8 Å². The van der Waals surface area contributed by atoms with Crippen LogP contribution >= 0.6 is 8.53 Å². The van der Waals surface area contributed by atoms with Crippen LogP contribution in [0, 0.1) is 0 Å². The molecule has 8 heteroatoms. The van der Waals surface area contributed by atoms with Crippen molar-refractivity contribution in [1.82, 2.24) is 4.67 Å². The van der Waals surface area contributed by atoms with E-state index in [2.05, 4.69) is 11.6 Å². The smallest absolute Gasteiger partial charge is 0.259 e. The molecule has 1 aromatic rings. The summed E-state index contributed by atoms with van der Waals surface area (Å²) in [5, 5.41) is 0. The monoisotopic (exact) mass is 399 g/mol. The fourth-order valence-electron chi connectivity index (χ4n) is 4.02. The standard InChI is InChI=1S/C18H26NO5PS/c1-2-16-17(10-12-22-16)23-25-19-11-6-9-15(19)18(24-25)13-26(20,21)14-7-4-3-5-8-14/h3-5,7-8,15-18H,2,6,9-13H2,1H3/t15-,16+,17?,18+,25-/m0/s1. The molecular weight excluding hydrogens is 373 g/mol. The highest BCUT2D eigenvalue weighted by Crippen LogP contribution is 2.57. The summed E-state index contributed by atoms with van der Waals surface area (Å²) in [6.45, 7) is 3.74. The van der Waals surface area contributed by atoms with Gasteiger partial charge in [0, 0.05) is 19.2 Å². The average molecular weight is 399 g/mol. The van der Waals surface area contributed by atoms with Gasteiger partial charge in [0.2, 0.25) is 0 Å². The Morgan fingerprint density at radius 1 is 1.23 bits per heavy atom. The molecule has 0 aromatic heterocycles. The second-order valence-corrected chi connectivity index (χ2v) is 10.5. The normalized spacial score (nSPS) is 35.0. The molecule has 0 N–H and O–H groups in total. The predicted octanol–water partition coefficient (Wildman–Crippen LogP) is 3.13. The van der Waals surface area contributed by atoms with Gasteiger partial charge in [-0.05, 0) is 37.8 Å². The van der Waals surface area contributed by atoms with E-state index in [1.807, 2.05) is 6.07 Å². The molecule has 6 nitrogen and oxygen atoms in total. The van der Waals surface area contributed by atoms with Gasteiger partial charge in [0.15, 0.2) is 9.84 Å². The molecule has 3 saturated heterocycles. The van der Waals surface area contributed by atoms with Crippen molar-refractivity contribution >= 4 is 18.4 Å². The van der Waals surface area contributed by atoms with Crippen LogP contribution in [-0.4, -0.2) is 56.3 Å². The van der Waals surface area contributed by atoms with Crippen molar-refractivity contribution in [1.29, 1.82) is 0 Å². The number of sulfone groups is 1. The molecule has 3 aliphatic rings. The molecule has 3 heterocycles. The van der Waals surface area contributed by atoms with Crippen molar-refractivity contribution in [2.45, 2.75) is 61.9 Å². The molecule has 3 aliphatic heterocycles. The SMILES string of the molecule is CC[C@H]1OCCC1O[P@@]1O[C@H](CS(=O)(=O)c2ccccc2)[C@@H]2CCCN21. The zero-order chi connectivity index (χ0) is 18.1. The maximum absolute atomic E-state index is 12.8. The highest BCUT2D eigenvalue weighted by Gasteiger charge is 2.49. The number of benzene rings is 1. The summed E-state index contributed by atoms with van der Waals surface area (Å²) in [6.07, 6.45) is 3.68. The van der Waals surface area contributed by atoms with Crippen molar-refractivity contribution in [2.75, 3.05) is 18.9 Å². The quantitative estimate of drug-likeness (QED) is 0.685. The third kappa shape index (κ3) is 3.71. The minimum atomic E-state index is -3.37. The van der Waals surface area contributed by atoms with Crippen LogP contribution in [0.25, 0.3) is 0 Å². The molecule has 5 atom stereocenters. The molecule has 4 rings (SSSR count). The molecule has 0 spiro atoms. The fraction of sp³-hybridized carbons (Fsp3) is 0.667. The van der Waals surface area contributed by atoms with E-state index in [1.165, 1.54) is 0 Å². The number of hydrogen-bond donors (Lipinski definition) is 0. The fourth-order valence-corrected chi connectivity index (χ4v) is 7.63. The Kier molecular flexibility index (Phi) is 5.65. The topological polar surface area (TPSA) is 65.1 Å². The molecule has 0 bridgehead atoms. The van der Waals surface area contributed by atoms with Gasteiger partial charge >= 0.3 is 0 Å². The van der Waals surface area contributed by atoms with Crippen LogP contribution in [0.15, 0.2) is 35.2 Å². The first kappa shape index (κ1) is 18.8. The van der Waals surface area contributed by atoms with Crippen molar-refractivity contribution < 1.29 is 22.2 Å². The first-order valence-electron chi connectivity index (χ1n) is 9.38. The molecule has 0 radical (unpaired) electrons. The summed E-state index contributed by atoms with van der Waals surface area (Å²) in [4.78, 5) is 0.362. The Balaban J connectivity index is 1.46. The molecule has 0 amide bonds. The van der Waals surface area contributed by atoms with Crippen LogP contribution in [0.3, 0.4) is 0 Å². The summed E-state index contributed by atoms with van der Waals surface area (Å²) in [6, 6.07) is 8.78. The third-order valence-electron chi connectivity index (χ3n) is 5.40. The molecular formula is C18H26NO5PS. The Morgan fingerprint density at radius 2 is 2.04 bits per heavy atom. The average Bonchev–Trinajstić information content (AvgIpc) is 3.35. The highest BCUT2D eigenvalue weighted by atomic mass is 32.2. The highest BCUT2D eigenvalue weighted by molar-refractivity contribution is 7.91. The molecule has 144 valence electrons. The summed E-state index contributed by atoms with van der Waals surface area (Å²) in [7, 11) is -4.57. The van der Waals surface area contributed by atoms with Crippen LogP contribution in [0.5, 0.6) is 0 Å². The Hall–Kier alpha value is -0.560. The second-order valence-electron chi connectivity index (χ2n) is 7.10. The van der Waals surface area contributed by atoms with E-state index in [1.54, 1.807) is 24.3 Å². The predicted molar refractivity (Wildman–Crippen MR) is 99.5 cm³/mol. The summed E-state index contributed by atoms with van der Waals surface area (Å²) < 4.78 is 46.0. The van der Waals surface area contributed by atoms with Crippen LogP contribution < -0.4 is 0 Å². The number of fused-ring (bicyclic) bond motifs is 1. The first-order valence-corrected chi connectivity index (χ1v) is 12.2. The Bertz CT molecular complexity index is 716. The zero-order valence-corrected chi connectivity index (χ0v) is 16.7. The van der Waals surface area contributed by atoms with Crippen LogP contribution in [-0.2, 0) is 23.6 Å². The van der Waals surface area contributed by atoms with Crippen molar-refractivity contribution in [3.05, 3.63) is 30.3 Å². The number of ether oxygens (including phenoxy) is 1. The van der Waals surface area contributed by atoms with Gasteiger partial charge in [-0.25, -0.2) is 13.1 Å². The van der Waals surface area contributed by atoms with Gasteiger partial charge in [0.05, 0.1) is 29.0 Å². The van der Waals surface area contributed by atoms with E-state index in [0.717, 1.165) is 38.8 Å². The van der Waals surface area contributed by atoms with E-state index in [-0.39, 0.29) is 30.1 Å². The molecule has 0 aliphatic carbocycles. The number of hydrogen-bond acceptors (Lipinski definition) is 6. The van der Waals surface area contributed by atoms with E-state index >= 15 is 0 Å². The zero-order valence-electron chi connectivity index (χ0n) is 15.0. The largest absolute Gasteiger partial charge is 0.375 e. The molecule has 0 saturated carbocycles. The lowest BCUT2D eigenvalue weighted by atomic mass is 10.1. The summed E-state index contributed by atoms with van der Waals surface area (Å²) in [5.41, 5.74) is 0. The van der Waals surface area contributed by atoms with Gasteiger partial charge in [0.1, 0.15) is 0 Å². The third-order valence-corrected chi connectivity index (χ3v) is 8.97. The van der Waals surface area contributed by atoms with Crippen molar-refractivity contribution in [3.8, 4) is 0 Å². The maximum atomic E-state index is 12.8. The van der Waals surface area contributed by atoms with Crippen LogP contribution in [0.1, 0.15) is 32.6 Å². The lowest BCUT2D eigenvalue weighted by Gasteiger charge is -2.25. The van der Waals surface area contributed by atoms with Gasteiger partial charge in [-0.1, -0.05) is 25.1 Å². The van der Waals surface area contributed by atoms with Crippen molar-refractivity contribution in [3.63, 3.8) is 0 Å². The van der Waals surface area contributed by atoms with E-state index in [9.17, 15) is 8.42 Å². The summed E-state index contributed by atoms with van der Waals surface area (Å²) >= 11 is 0. The van der Waals surface area contributed by atoms with Gasteiger partial charge in [-0.15, -0.1) is 0 Å². The minimum absolute atomic E-state index is 0.0126. The second kappa shape index (κ2) is 7.82. The van der Waals surface area contributed by atoms with Crippen LogP contribution in [0.4, 0.5) is 0 Å². The summed E-state index contributed by atoms with van der Waals surface area (Å²) in [5.74, 6) is 0.0126. The maximum Gasteiger partial charge on any atom is 0.259 e. The lowest BCUT2D eigenvalue weighted by molar-refractivity contribution is 0.0473. The van der Waals surface area contributed by atoms with Crippen molar-refractivity contribution in [2.24, 2.45) is 0 Å². The number of nitrogens with zero attached hydrogens (tertiary/aromatic N) is 1. The van der Waals surface area contributed by atoms with E-state index in [0.29, 0.717) is 4.90 Å². The van der Waals surface area contributed by atoms with Gasteiger partial charge in [-0.3, -0.25) is 0 Å². The number of rotatable bonds is 6. The first-order chi connectivity index (χ1) is 12.6. The van der Waals surface area contributed by atoms with E-state index < -0.39 is 18.4 Å². The molecule has 3 fully saturated rings. The van der Waals surface area contributed by atoms with Crippen LogP contribution in [0.2, 0.25) is 0 Å². The molecule has 1 aromatic carbocycles.